The van der Waals surface area contributed by atoms with Crippen LogP contribution in [0.5, 0.6) is 0 Å². The van der Waals surface area contributed by atoms with E-state index in [0.29, 0.717) is 6.54 Å². The topological polar surface area (TPSA) is 12.0 Å². The Morgan fingerprint density at radius 3 is 2.52 bits per heavy atom. The van der Waals surface area contributed by atoms with Gasteiger partial charge in [0.2, 0.25) is 0 Å². The summed E-state index contributed by atoms with van der Waals surface area (Å²) in [6.07, 6.45) is 0. The standard InChI is InChI=1S/C18H15BrFN/c19-18-8-7-17(20)10-16(18)12-21-11-13-5-6-14-3-1-2-4-15(14)9-13/h1-10,21H,11-12H2. The van der Waals surface area contributed by atoms with E-state index in [1.165, 1.54) is 22.4 Å². The molecule has 106 valence electrons. The summed E-state index contributed by atoms with van der Waals surface area (Å²) < 4.78 is 14.1. The Hall–Kier alpha value is -1.71. The van der Waals surface area contributed by atoms with E-state index in [1.54, 1.807) is 12.1 Å². The lowest BCUT2D eigenvalue weighted by atomic mass is 10.1. The number of hydrogen-bond acceptors (Lipinski definition) is 1. The van der Waals surface area contributed by atoms with Crippen molar-refractivity contribution in [2.45, 2.75) is 13.1 Å². The van der Waals surface area contributed by atoms with Gasteiger partial charge in [-0.25, -0.2) is 4.39 Å². The average molecular weight is 344 g/mol. The van der Waals surface area contributed by atoms with E-state index in [1.807, 2.05) is 12.1 Å². The van der Waals surface area contributed by atoms with E-state index >= 15 is 0 Å². The SMILES string of the molecule is Fc1ccc(Br)c(CNCc2ccc3ccccc3c2)c1. The third kappa shape index (κ3) is 3.49. The summed E-state index contributed by atoms with van der Waals surface area (Å²) in [7, 11) is 0. The van der Waals surface area contributed by atoms with Crippen LogP contribution in [0.15, 0.2) is 65.1 Å². The van der Waals surface area contributed by atoms with Crippen molar-refractivity contribution < 1.29 is 4.39 Å². The third-order valence-corrected chi connectivity index (χ3v) is 4.24. The second-order valence-corrected chi connectivity index (χ2v) is 5.88. The molecular weight excluding hydrogens is 329 g/mol. The number of benzene rings is 3. The molecule has 0 radical (unpaired) electrons. The summed E-state index contributed by atoms with van der Waals surface area (Å²) in [5, 5.41) is 5.84. The second kappa shape index (κ2) is 6.37. The van der Waals surface area contributed by atoms with Gasteiger partial charge in [0, 0.05) is 17.6 Å². The predicted molar refractivity (Wildman–Crippen MR) is 88.6 cm³/mol. The van der Waals surface area contributed by atoms with Gasteiger partial charge >= 0.3 is 0 Å². The molecule has 0 amide bonds. The number of nitrogens with one attached hydrogen (secondary N) is 1. The molecule has 3 aromatic carbocycles. The van der Waals surface area contributed by atoms with Gasteiger partial charge in [0.05, 0.1) is 0 Å². The molecule has 0 bridgehead atoms. The van der Waals surface area contributed by atoms with Crippen molar-refractivity contribution in [1.82, 2.24) is 5.32 Å². The zero-order chi connectivity index (χ0) is 14.7. The number of hydrogen-bond donors (Lipinski definition) is 1. The van der Waals surface area contributed by atoms with Crippen LogP contribution in [0.25, 0.3) is 10.8 Å². The molecule has 0 saturated carbocycles. The van der Waals surface area contributed by atoms with E-state index in [4.69, 9.17) is 0 Å². The molecule has 0 heterocycles. The van der Waals surface area contributed by atoms with Crippen LogP contribution < -0.4 is 5.32 Å². The van der Waals surface area contributed by atoms with Crippen molar-refractivity contribution in [1.29, 1.82) is 0 Å². The van der Waals surface area contributed by atoms with Crippen molar-refractivity contribution >= 4 is 26.7 Å². The summed E-state index contributed by atoms with van der Waals surface area (Å²) in [5.74, 6) is -0.208. The van der Waals surface area contributed by atoms with Crippen molar-refractivity contribution in [2.24, 2.45) is 0 Å². The van der Waals surface area contributed by atoms with Gasteiger partial charge < -0.3 is 5.32 Å². The van der Waals surface area contributed by atoms with E-state index in [-0.39, 0.29) is 5.82 Å². The van der Waals surface area contributed by atoms with Crippen LogP contribution in [-0.4, -0.2) is 0 Å². The highest BCUT2D eigenvalue weighted by Crippen LogP contribution is 2.18. The minimum atomic E-state index is -0.208. The van der Waals surface area contributed by atoms with E-state index in [9.17, 15) is 4.39 Å². The molecule has 0 aliphatic rings. The van der Waals surface area contributed by atoms with Crippen molar-refractivity contribution in [2.75, 3.05) is 0 Å². The molecule has 3 aromatic rings. The summed E-state index contributed by atoms with van der Waals surface area (Å²) in [6, 6.07) is 19.5. The van der Waals surface area contributed by atoms with Gasteiger partial charge in [0.15, 0.2) is 0 Å². The molecule has 0 aromatic heterocycles. The Labute approximate surface area is 131 Å². The maximum absolute atomic E-state index is 13.2. The molecule has 1 N–H and O–H groups in total. The number of fused-ring (bicyclic) bond motifs is 1. The molecule has 0 aliphatic carbocycles. The van der Waals surface area contributed by atoms with Crippen LogP contribution >= 0.6 is 15.9 Å². The molecule has 1 nitrogen and oxygen atoms in total. The molecule has 3 heteroatoms. The third-order valence-electron chi connectivity index (χ3n) is 3.47. The molecule has 0 spiro atoms. The zero-order valence-corrected chi connectivity index (χ0v) is 13.0. The lowest BCUT2D eigenvalue weighted by molar-refractivity contribution is 0.619. The first-order valence-corrected chi connectivity index (χ1v) is 7.64. The van der Waals surface area contributed by atoms with E-state index in [2.05, 4.69) is 51.6 Å². The molecule has 21 heavy (non-hydrogen) atoms. The Morgan fingerprint density at radius 1 is 0.857 bits per heavy atom. The van der Waals surface area contributed by atoms with Crippen LogP contribution in [-0.2, 0) is 13.1 Å². The van der Waals surface area contributed by atoms with Crippen molar-refractivity contribution in [3.63, 3.8) is 0 Å². The van der Waals surface area contributed by atoms with Gasteiger partial charge in [0.25, 0.3) is 0 Å². The monoisotopic (exact) mass is 343 g/mol. The van der Waals surface area contributed by atoms with Gasteiger partial charge in [-0.3, -0.25) is 0 Å². The summed E-state index contributed by atoms with van der Waals surface area (Å²) in [6.45, 7) is 1.39. The molecule has 3 rings (SSSR count). The van der Waals surface area contributed by atoms with Gasteiger partial charge in [-0.15, -0.1) is 0 Å². The first-order valence-electron chi connectivity index (χ1n) is 6.85. The second-order valence-electron chi connectivity index (χ2n) is 5.02. The highest BCUT2D eigenvalue weighted by Gasteiger charge is 2.02. The van der Waals surface area contributed by atoms with Crippen molar-refractivity contribution in [3.05, 3.63) is 82.1 Å². The molecule has 0 fully saturated rings. The Morgan fingerprint density at radius 2 is 1.67 bits per heavy atom. The van der Waals surface area contributed by atoms with E-state index in [0.717, 1.165) is 16.6 Å². The molecule has 0 atom stereocenters. The smallest absolute Gasteiger partial charge is 0.123 e. The van der Waals surface area contributed by atoms with Gasteiger partial charge in [0.1, 0.15) is 5.82 Å². The molecule has 0 unspecified atom stereocenters. The molecule has 0 saturated heterocycles. The van der Waals surface area contributed by atoms with Gasteiger partial charge in [-0.05, 0) is 46.2 Å². The van der Waals surface area contributed by atoms with Crippen LogP contribution in [0.3, 0.4) is 0 Å². The summed E-state index contributed by atoms with van der Waals surface area (Å²) in [5.41, 5.74) is 2.15. The lowest BCUT2D eigenvalue weighted by Crippen LogP contribution is -2.13. The highest BCUT2D eigenvalue weighted by atomic mass is 79.9. The maximum atomic E-state index is 13.2. The number of rotatable bonds is 4. The quantitative estimate of drug-likeness (QED) is 0.700. The number of halogens is 2. The zero-order valence-electron chi connectivity index (χ0n) is 11.4. The summed E-state index contributed by atoms with van der Waals surface area (Å²) in [4.78, 5) is 0. The average Bonchev–Trinajstić information content (AvgIpc) is 2.50. The van der Waals surface area contributed by atoms with Crippen LogP contribution in [0, 0.1) is 5.82 Å². The maximum Gasteiger partial charge on any atom is 0.123 e. The molecule has 0 aliphatic heterocycles. The largest absolute Gasteiger partial charge is 0.309 e. The first-order chi connectivity index (χ1) is 10.2. The van der Waals surface area contributed by atoms with Crippen LogP contribution in [0.1, 0.15) is 11.1 Å². The first kappa shape index (κ1) is 14.2. The minimum absolute atomic E-state index is 0.208. The Kier molecular flexibility index (Phi) is 4.32. The van der Waals surface area contributed by atoms with Crippen molar-refractivity contribution in [3.8, 4) is 0 Å². The van der Waals surface area contributed by atoms with E-state index < -0.39 is 0 Å². The molecular formula is C18H15BrFN. The Bertz CT molecular complexity index is 770. The summed E-state index contributed by atoms with van der Waals surface area (Å²) >= 11 is 3.44. The normalized spacial score (nSPS) is 11.0. The van der Waals surface area contributed by atoms with Gasteiger partial charge in [-0.1, -0.05) is 52.3 Å². The van der Waals surface area contributed by atoms with Gasteiger partial charge in [-0.2, -0.15) is 0 Å². The fourth-order valence-corrected chi connectivity index (χ4v) is 2.76. The van der Waals surface area contributed by atoms with Crippen LogP contribution in [0.4, 0.5) is 4.39 Å². The predicted octanol–water partition coefficient (Wildman–Crippen LogP) is 5.03. The lowest BCUT2D eigenvalue weighted by Gasteiger charge is -2.08. The van der Waals surface area contributed by atoms with Crippen LogP contribution in [0.2, 0.25) is 0 Å². The fourth-order valence-electron chi connectivity index (χ4n) is 2.37. The fraction of sp³-hybridized carbons (Fsp3) is 0.111. The minimum Gasteiger partial charge on any atom is -0.309 e. The highest BCUT2D eigenvalue weighted by molar-refractivity contribution is 9.10. The Balaban J connectivity index is 1.67.